The third-order valence-corrected chi connectivity index (χ3v) is 11.5. The average molecular weight is 651 g/mol. The minimum atomic E-state index is -0.00586. The van der Waals surface area contributed by atoms with Crippen LogP contribution in [-0.4, -0.2) is 4.57 Å². The van der Waals surface area contributed by atoms with Gasteiger partial charge >= 0.3 is 0 Å². The number of fused-ring (bicyclic) bond motifs is 9. The Hall–Kier alpha value is -6.38. The number of aromatic nitrogens is 1. The van der Waals surface area contributed by atoms with Gasteiger partial charge in [-0.15, -0.1) is 0 Å². The molecule has 2 aliphatic rings. The first-order valence-electron chi connectivity index (χ1n) is 17.9. The van der Waals surface area contributed by atoms with Crippen molar-refractivity contribution in [2.24, 2.45) is 0 Å². The van der Waals surface area contributed by atoms with Gasteiger partial charge in [0.15, 0.2) is 0 Å². The lowest BCUT2D eigenvalue weighted by Crippen LogP contribution is -2.15. The van der Waals surface area contributed by atoms with Gasteiger partial charge in [-0.25, -0.2) is 0 Å². The van der Waals surface area contributed by atoms with E-state index in [-0.39, 0.29) is 5.41 Å². The first-order valence-corrected chi connectivity index (χ1v) is 17.9. The van der Waals surface area contributed by atoms with Crippen LogP contribution in [0.5, 0.6) is 0 Å². The molecule has 11 rings (SSSR count). The number of anilines is 3. The molecule has 2 heteroatoms. The summed E-state index contributed by atoms with van der Waals surface area (Å²) in [6.45, 7) is 4.69. The van der Waals surface area contributed by atoms with Gasteiger partial charge in [-0.05, 0) is 92.9 Å². The minimum Gasteiger partial charge on any atom is -0.309 e. The third kappa shape index (κ3) is 3.88. The maximum Gasteiger partial charge on any atom is 0.0640 e. The van der Waals surface area contributed by atoms with E-state index < -0.39 is 0 Å². The van der Waals surface area contributed by atoms with Crippen molar-refractivity contribution >= 4 is 49.6 Å². The van der Waals surface area contributed by atoms with Crippen LogP contribution in [0.3, 0.4) is 0 Å². The monoisotopic (exact) mass is 650 g/mol. The molecule has 51 heavy (non-hydrogen) atoms. The lowest BCUT2D eigenvalue weighted by Gasteiger charge is -2.34. The zero-order valence-electron chi connectivity index (χ0n) is 28.6. The van der Waals surface area contributed by atoms with Crippen molar-refractivity contribution in [1.82, 2.24) is 4.57 Å². The van der Waals surface area contributed by atoms with E-state index in [4.69, 9.17) is 0 Å². The van der Waals surface area contributed by atoms with Gasteiger partial charge in [0, 0.05) is 38.5 Å². The van der Waals surface area contributed by atoms with Crippen LogP contribution in [0.1, 0.15) is 25.0 Å². The van der Waals surface area contributed by atoms with Crippen LogP contribution in [0.15, 0.2) is 170 Å². The topological polar surface area (TPSA) is 8.17 Å². The second kappa shape index (κ2) is 10.3. The van der Waals surface area contributed by atoms with Crippen molar-refractivity contribution in [2.75, 3.05) is 4.90 Å². The van der Waals surface area contributed by atoms with Gasteiger partial charge in [0.2, 0.25) is 0 Å². The Balaban J connectivity index is 1.16. The number of benzene rings is 8. The number of rotatable bonds is 3. The van der Waals surface area contributed by atoms with Crippen molar-refractivity contribution in [1.29, 1.82) is 0 Å². The summed E-state index contributed by atoms with van der Waals surface area (Å²) in [4.78, 5) is 2.49. The predicted octanol–water partition coefficient (Wildman–Crippen LogP) is 13.4. The van der Waals surface area contributed by atoms with Crippen molar-refractivity contribution in [3.63, 3.8) is 0 Å². The Morgan fingerprint density at radius 1 is 0.431 bits per heavy atom. The Morgan fingerprint density at radius 3 is 2.04 bits per heavy atom. The summed E-state index contributed by atoms with van der Waals surface area (Å²) < 4.78 is 2.46. The molecule has 0 saturated heterocycles. The molecule has 1 aliphatic heterocycles. The fourth-order valence-corrected chi connectivity index (χ4v) is 9.19. The SMILES string of the molecule is CC1(C)c2ccccc2-c2cc(-c3cccc(-n4c5ccccc5c5c6c(ccc54)-c4cccc5cccc(c45)N6c4ccccc4)c3)ccc21. The van der Waals surface area contributed by atoms with Crippen molar-refractivity contribution in [2.45, 2.75) is 19.3 Å². The van der Waals surface area contributed by atoms with Gasteiger partial charge in [-0.2, -0.15) is 0 Å². The highest BCUT2D eigenvalue weighted by Crippen LogP contribution is 2.55. The molecule has 0 N–H and O–H groups in total. The van der Waals surface area contributed by atoms with Crippen LogP contribution in [0.2, 0.25) is 0 Å². The predicted molar refractivity (Wildman–Crippen MR) is 215 cm³/mol. The molecular weight excluding hydrogens is 617 g/mol. The molecule has 0 saturated carbocycles. The maximum absolute atomic E-state index is 2.49. The largest absolute Gasteiger partial charge is 0.309 e. The molecule has 240 valence electrons. The number of hydrogen-bond acceptors (Lipinski definition) is 1. The Morgan fingerprint density at radius 2 is 1.14 bits per heavy atom. The summed E-state index contributed by atoms with van der Waals surface area (Å²) in [5.41, 5.74) is 17.7. The van der Waals surface area contributed by atoms with Gasteiger partial charge in [0.25, 0.3) is 0 Å². The van der Waals surface area contributed by atoms with Gasteiger partial charge in [-0.3, -0.25) is 0 Å². The van der Waals surface area contributed by atoms with Crippen molar-refractivity contribution in [3.05, 3.63) is 181 Å². The lowest BCUT2D eigenvalue weighted by molar-refractivity contribution is 0.660. The molecule has 9 aromatic rings. The van der Waals surface area contributed by atoms with E-state index in [2.05, 4.69) is 193 Å². The summed E-state index contributed by atoms with van der Waals surface area (Å²) in [5.74, 6) is 0. The van der Waals surface area contributed by atoms with Gasteiger partial charge in [0.05, 0.1) is 22.4 Å². The first kappa shape index (κ1) is 28.5. The standard InChI is InChI=1S/C49H34N2/c1-49(2)41-22-8-6-19-36(41)40-30-33(25-27-42(40)49)32-15-10-18-35(29-32)50-43-23-9-7-20-39(43)47-45(50)28-26-38-37-21-11-13-31-14-12-24-44(46(31)37)51(48(38)47)34-16-4-3-5-17-34/h3-30H,1-2H3. The van der Waals surface area contributed by atoms with E-state index >= 15 is 0 Å². The zero-order valence-corrected chi connectivity index (χ0v) is 28.6. The summed E-state index contributed by atoms with van der Waals surface area (Å²) >= 11 is 0. The maximum atomic E-state index is 2.49. The van der Waals surface area contributed by atoms with Crippen LogP contribution in [-0.2, 0) is 5.41 Å². The zero-order chi connectivity index (χ0) is 33.8. The van der Waals surface area contributed by atoms with Crippen molar-refractivity contribution in [3.8, 4) is 39.1 Å². The van der Waals surface area contributed by atoms with E-state index in [9.17, 15) is 0 Å². The van der Waals surface area contributed by atoms with Gasteiger partial charge in [-0.1, -0.05) is 135 Å². The second-order valence-electron chi connectivity index (χ2n) is 14.5. The summed E-state index contributed by atoms with van der Waals surface area (Å²) in [6.07, 6.45) is 0. The molecular formula is C49H34N2. The van der Waals surface area contributed by atoms with Crippen molar-refractivity contribution < 1.29 is 0 Å². The average Bonchev–Trinajstić information content (AvgIpc) is 3.64. The molecule has 2 heterocycles. The highest BCUT2D eigenvalue weighted by atomic mass is 15.2. The van der Waals surface area contributed by atoms with Crippen LogP contribution in [0, 0.1) is 0 Å². The molecule has 0 spiro atoms. The molecule has 0 amide bonds. The Bertz CT molecular complexity index is 2890. The van der Waals surface area contributed by atoms with Crippen LogP contribution in [0.25, 0.3) is 71.6 Å². The van der Waals surface area contributed by atoms with E-state index in [1.165, 1.54) is 88.5 Å². The molecule has 0 fully saturated rings. The van der Waals surface area contributed by atoms with E-state index in [0.29, 0.717) is 0 Å². The van der Waals surface area contributed by atoms with Crippen LogP contribution in [0.4, 0.5) is 17.1 Å². The first-order chi connectivity index (χ1) is 25.1. The van der Waals surface area contributed by atoms with E-state index in [0.717, 1.165) is 11.4 Å². The van der Waals surface area contributed by atoms with Crippen LogP contribution < -0.4 is 4.90 Å². The molecule has 8 aromatic carbocycles. The van der Waals surface area contributed by atoms with Gasteiger partial charge in [0.1, 0.15) is 0 Å². The normalized spacial score (nSPS) is 13.8. The number of hydrogen-bond donors (Lipinski definition) is 0. The molecule has 0 radical (unpaired) electrons. The molecule has 0 unspecified atom stereocenters. The molecule has 1 aromatic heterocycles. The van der Waals surface area contributed by atoms with Gasteiger partial charge < -0.3 is 9.47 Å². The summed E-state index contributed by atoms with van der Waals surface area (Å²) in [6, 6.07) is 62.9. The molecule has 2 nitrogen and oxygen atoms in total. The number of para-hydroxylation sites is 2. The third-order valence-electron chi connectivity index (χ3n) is 11.5. The highest BCUT2D eigenvalue weighted by molar-refractivity contribution is 6.24. The quantitative estimate of drug-likeness (QED) is 0.185. The highest BCUT2D eigenvalue weighted by Gasteiger charge is 2.35. The lowest BCUT2D eigenvalue weighted by atomic mass is 9.82. The molecule has 0 bridgehead atoms. The number of nitrogens with zero attached hydrogens (tertiary/aromatic N) is 2. The smallest absolute Gasteiger partial charge is 0.0640 e. The fourth-order valence-electron chi connectivity index (χ4n) is 9.19. The minimum absolute atomic E-state index is 0.00586. The molecule has 1 aliphatic carbocycles. The second-order valence-corrected chi connectivity index (χ2v) is 14.5. The Labute approximate surface area is 297 Å². The molecule has 0 atom stereocenters. The summed E-state index contributed by atoms with van der Waals surface area (Å²) in [5, 5.41) is 5.07. The van der Waals surface area contributed by atoms with E-state index in [1.807, 2.05) is 0 Å². The Kier molecular flexibility index (Phi) is 5.76. The van der Waals surface area contributed by atoms with E-state index in [1.54, 1.807) is 0 Å². The van der Waals surface area contributed by atoms with Crippen LogP contribution >= 0.6 is 0 Å². The summed E-state index contributed by atoms with van der Waals surface area (Å²) in [7, 11) is 0. The fraction of sp³-hybridized carbons (Fsp3) is 0.0612.